The molecular formula is C18H26ClN3O4S. The first-order chi connectivity index (χ1) is 12.8. The Hall–Kier alpha value is -1.19. The topological polar surface area (TPSA) is 79.0 Å². The Morgan fingerprint density at radius 3 is 2.48 bits per heavy atom. The molecule has 9 heteroatoms. The van der Waals surface area contributed by atoms with Gasteiger partial charge in [0.25, 0.3) is 0 Å². The van der Waals surface area contributed by atoms with Crippen LogP contribution < -0.4 is 5.32 Å². The van der Waals surface area contributed by atoms with Gasteiger partial charge in [0.1, 0.15) is 0 Å². The number of hydrogen-bond acceptors (Lipinski definition) is 5. The number of anilines is 1. The largest absolute Gasteiger partial charge is 0.373 e. The van der Waals surface area contributed by atoms with Gasteiger partial charge in [0, 0.05) is 26.2 Å². The summed E-state index contributed by atoms with van der Waals surface area (Å²) in [5.41, 5.74) is 0.316. The smallest absolute Gasteiger partial charge is 0.243 e. The molecule has 1 amide bonds. The molecule has 1 N–H and O–H groups in total. The quantitative estimate of drug-likeness (QED) is 0.797. The fourth-order valence-electron chi connectivity index (χ4n) is 3.64. The lowest BCUT2D eigenvalue weighted by Gasteiger charge is -2.34. The van der Waals surface area contributed by atoms with Crippen molar-refractivity contribution in [2.45, 2.75) is 43.8 Å². The van der Waals surface area contributed by atoms with E-state index in [4.69, 9.17) is 16.3 Å². The Balaban J connectivity index is 1.70. The first-order valence-corrected chi connectivity index (χ1v) is 11.0. The highest BCUT2D eigenvalue weighted by molar-refractivity contribution is 7.89. The van der Waals surface area contributed by atoms with Crippen molar-refractivity contribution in [3.63, 3.8) is 0 Å². The number of carbonyl (C=O) groups excluding carboxylic acids is 1. The Kier molecular flexibility index (Phi) is 6.43. The minimum Gasteiger partial charge on any atom is -0.373 e. The molecule has 2 aliphatic heterocycles. The number of sulfonamides is 1. The zero-order chi connectivity index (χ0) is 19.6. The van der Waals surface area contributed by atoms with Crippen molar-refractivity contribution >= 4 is 33.2 Å². The average Bonchev–Trinajstić information content (AvgIpc) is 3.11. The first-order valence-electron chi connectivity index (χ1n) is 9.23. The minimum absolute atomic E-state index is 0.0686. The van der Waals surface area contributed by atoms with Gasteiger partial charge in [-0.3, -0.25) is 9.69 Å². The van der Waals surface area contributed by atoms with Crippen LogP contribution in [-0.2, 0) is 19.6 Å². The first kappa shape index (κ1) is 20.5. The third-order valence-corrected chi connectivity index (χ3v) is 7.00. The molecule has 1 aromatic carbocycles. The molecule has 0 unspecified atom stereocenters. The van der Waals surface area contributed by atoms with Gasteiger partial charge < -0.3 is 10.1 Å². The summed E-state index contributed by atoms with van der Waals surface area (Å²) < 4.78 is 32.6. The highest BCUT2D eigenvalue weighted by Crippen LogP contribution is 2.28. The molecule has 27 heavy (non-hydrogen) atoms. The molecule has 2 saturated heterocycles. The summed E-state index contributed by atoms with van der Waals surface area (Å²) >= 11 is 6.18. The molecule has 1 aromatic rings. The molecule has 0 bridgehead atoms. The van der Waals surface area contributed by atoms with Crippen molar-refractivity contribution in [2.24, 2.45) is 0 Å². The molecule has 150 valence electrons. The van der Waals surface area contributed by atoms with Crippen LogP contribution in [0.25, 0.3) is 0 Å². The predicted octanol–water partition coefficient (Wildman–Crippen LogP) is 2.17. The van der Waals surface area contributed by atoms with Gasteiger partial charge in [0.2, 0.25) is 15.9 Å². The number of carbonyl (C=O) groups is 1. The molecule has 0 radical (unpaired) electrons. The lowest BCUT2D eigenvalue weighted by molar-refractivity contribution is -0.121. The van der Waals surface area contributed by atoms with Gasteiger partial charge in [-0.2, -0.15) is 4.31 Å². The summed E-state index contributed by atoms with van der Waals surface area (Å²) in [6, 6.07) is 4.44. The molecule has 3 rings (SSSR count). The van der Waals surface area contributed by atoms with Crippen molar-refractivity contribution in [2.75, 3.05) is 38.0 Å². The van der Waals surface area contributed by atoms with E-state index in [9.17, 15) is 13.2 Å². The second-order valence-corrected chi connectivity index (χ2v) is 9.60. The maximum absolute atomic E-state index is 12.7. The van der Waals surface area contributed by atoms with Gasteiger partial charge >= 0.3 is 0 Å². The van der Waals surface area contributed by atoms with Crippen LogP contribution in [0, 0.1) is 0 Å². The van der Waals surface area contributed by atoms with E-state index in [1.165, 1.54) is 22.5 Å². The summed E-state index contributed by atoms with van der Waals surface area (Å²) in [7, 11) is -3.56. The lowest BCUT2D eigenvalue weighted by Crippen LogP contribution is -2.48. The third kappa shape index (κ3) is 5.00. The van der Waals surface area contributed by atoms with Crippen LogP contribution in [0.2, 0.25) is 5.02 Å². The summed E-state index contributed by atoms with van der Waals surface area (Å²) in [6.45, 7) is 6.57. The summed E-state index contributed by atoms with van der Waals surface area (Å²) in [4.78, 5) is 14.6. The van der Waals surface area contributed by atoms with E-state index in [2.05, 4.69) is 5.32 Å². The second kappa shape index (κ2) is 8.45. The fourth-order valence-corrected chi connectivity index (χ4v) is 5.35. The molecule has 2 aliphatic rings. The third-order valence-electron chi connectivity index (χ3n) is 4.78. The lowest BCUT2D eigenvalue weighted by atomic mass is 10.2. The summed E-state index contributed by atoms with van der Waals surface area (Å²) in [5, 5.41) is 3.07. The van der Waals surface area contributed by atoms with Crippen LogP contribution in [0.15, 0.2) is 23.1 Å². The molecule has 2 heterocycles. The van der Waals surface area contributed by atoms with E-state index in [1.807, 2.05) is 18.7 Å². The highest BCUT2D eigenvalue weighted by Gasteiger charge is 2.28. The van der Waals surface area contributed by atoms with E-state index >= 15 is 0 Å². The van der Waals surface area contributed by atoms with Crippen LogP contribution >= 0.6 is 11.6 Å². The van der Waals surface area contributed by atoms with E-state index in [1.54, 1.807) is 0 Å². The van der Waals surface area contributed by atoms with Gasteiger partial charge in [0.15, 0.2) is 0 Å². The van der Waals surface area contributed by atoms with Gasteiger partial charge in [0.05, 0.1) is 34.4 Å². The van der Waals surface area contributed by atoms with Gasteiger partial charge in [-0.05, 0) is 44.9 Å². The highest BCUT2D eigenvalue weighted by atomic mass is 35.5. The van der Waals surface area contributed by atoms with E-state index in [-0.39, 0.29) is 29.6 Å². The maximum atomic E-state index is 12.7. The van der Waals surface area contributed by atoms with E-state index < -0.39 is 10.0 Å². The number of rotatable bonds is 5. The number of nitrogens with zero attached hydrogens (tertiary/aromatic N) is 2. The zero-order valence-corrected chi connectivity index (χ0v) is 17.2. The average molecular weight is 416 g/mol. The summed E-state index contributed by atoms with van der Waals surface area (Å²) in [5.74, 6) is -0.228. The minimum atomic E-state index is -3.56. The van der Waals surface area contributed by atoms with Gasteiger partial charge in [-0.25, -0.2) is 8.42 Å². The number of ether oxygens (including phenoxy) is 1. The molecule has 7 nitrogen and oxygen atoms in total. The number of amides is 1. The number of benzene rings is 1. The number of halogens is 1. The van der Waals surface area contributed by atoms with Crippen molar-refractivity contribution in [3.05, 3.63) is 23.2 Å². The molecule has 0 spiro atoms. The molecule has 2 atom stereocenters. The Morgan fingerprint density at radius 2 is 1.85 bits per heavy atom. The number of nitrogens with one attached hydrogen (secondary N) is 1. The van der Waals surface area contributed by atoms with Crippen molar-refractivity contribution < 1.29 is 17.9 Å². The normalized spacial score (nSPS) is 24.9. The SMILES string of the molecule is C[C@H]1CN(CC(=O)Nc2cc(S(=O)(=O)N3CCCC3)ccc2Cl)C[C@H](C)O1. The van der Waals surface area contributed by atoms with Crippen LogP contribution in [0.3, 0.4) is 0 Å². The Labute approximate surface area is 165 Å². The maximum Gasteiger partial charge on any atom is 0.243 e. The number of hydrogen-bond donors (Lipinski definition) is 1. The van der Waals surface area contributed by atoms with Crippen molar-refractivity contribution in [1.29, 1.82) is 0 Å². The van der Waals surface area contributed by atoms with E-state index in [0.717, 1.165) is 12.8 Å². The second-order valence-electron chi connectivity index (χ2n) is 7.25. The van der Waals surface area contributed by atoms with Crippen molar-refractivity contribution in [3.8, 4) is 0 Å². The predicted molar refractivity (Wildman–Crippen MR) is 105 cm³/mol. The molecule has 0 saturated carbocycles. The van der Waals surface area contributed by atoms with E-state index in [0.29, 0.717) is 36.9 Å². The summed E-state index contributed by atoms with van der Waals surface area (Å²) in [6.07, 6.45) is 1.87. The van der Waals surface area contributed by atoms with Gasteiger partial charge in [-0.15, -0.1) is 0 Å². The van der Waals surface area contributed by atoms with Crippen LogP contribution in [0.1, 0.15) is 26.7 Å². The van der Waals surface area contributed by atoms with Crippen molar-refractivity contribution in [1.82, 2.24) is 9.21 Å². The van der Waals surface area contributed by atoms with Crippen LogP contribution in [0.5, 0.6) is 0 Å². The number of morpholine rings is 1. The molecule has 2 fully saturated rings. The zero-order valence-electron chi connectivity index (χ0n) is 15.7. The van der Waals surface area contributed by atoms with Crippen LogP contribution in [-0.4, -0.2) is 68.5 Å². The standard InChI is InChI=1S/C18H26ClN3O4S/c1-13-10-21(11-14(2)26-13)12-18(23)20-17-9-15(5-6-16(17)19)27(24,25)22-7-3-4-8-22/h5-6,9,13-14H,3-4,7-8,10-12H2,1-2H3,(H,20,23)/t13-,14-/m0/s1. The molecule has 0 aromatic heterocycles. The molecule has 0 aliphatic carbocycles. The monoisotopic (exact) mass is 415 g/mol. The Morgan fingerprint density at radius 1 is 1.22 bits per heavy atom. The fraction of sp³-hybridized carbons (Fsp3) is 0.611. The Bertz CT molecular complexity index is 786. The van der Waals surface area contributed by atoms with Gasteiger partial charge in [-0.1, -0.05) is 11.6 Å². The molecular weight excluding hydrogens is 390 g/mol. The van der Waals surface area contributed by atoms with Crippen LogP contribution in [0.4, 0.5) is 5.69 Å².